The quantitative estimate of drug-likeness (QED) is 0.738. The normalized spacial score (nSPS) is 10.8. The van der Waals surface area contributed by atoms with E-state index in [1.165, 1.54) is 6.07 Å². The van der Waals surface area contributed by atoms with Crippen LogP contribution in [0.15, 0.2) is 48.7 Å². The summed E-state index contributed by atoms with van der Waals surface area (Å²) in [5.74, 6) is 0.175. The van der Waals surface area contributed by atoms with Crippen molar-refractivity contribution in [2.45, 2.75) is 6.61 Å². The highest BCUT2D eigenvalue weighted by Gasteiger charge is 2.09. The lowest BCUT2D eigenvalue weighted by atomic mass is 10.1. The van der Waals surface area contributed by atoms with E-state index in [1.54, 1.807) is 30.5 Å². The highest BCUT2D eigenvalue weighted by atomic mass is 35.5. The number of benzene rings is 2. The Labute approximate surface area is 126 Å². The molecule has 3 nitrogen and oxygen atoms in total. The number of anilines is 1. The first-order valence-corrected chi connectivity index (χ1v) is 6.73. The number of nitrogens with zero attached hydrogens (tertiary/aromatic N) is 1. The summed E-state index contributed by atoms with van der Waals surface area (Å²) in [5.41, 5.74) is 7.74. The van der Waals surface area contributed by atoms with Crippen molar-refractivity contribution in [1.29, 1.82) is 0 Å². The van der Waals surface area contributed by atoms with Gasteiger partial charge in [-0.3, -0.25) is 4.98 Å². The average Bonchev–Trinajstić information content (AvgIpc) is 2.51. The van der Waals surface area contributed by atoms with Crippen LogP contribution < -0.4 is 10.5 Å². The molecule has 0 spiro atoms. The van der Waals surface area contributed by atoms with Crippen LogP contribution in [0.4, 0.5) is 10.1 Å². The largest absolute Gasteiger partial charge is 0.488 e. The van der Waals surface area contributed by atoms with E-state index in [0.29, 0.717) is 22.5 Å². The zero-order valence-corrected chi connectivity index (χ0v) is 11.8. The molecule has 0 unspecified atom stereocenters. The Hall–Kier alpha value is -2.33. The molecular formula is C16H12ClFN2O. The predicted molar refractivity (Wildman–Crippen MR) is 81.9 cm³/mol. The molecular weight excluding hydrogens is 291 g/mol. The second kappa shape index (κ2) is 5.58. The number of pyridine rings is 1. The summed E-state index contributed by atoms with van der Waals surface area (Å²) in [7, 11) is 0. The van der Waals surface area contributed by atoms with Gasteiger partial charge in [-0.2, -0.15) is 0 Å². The molecule has 106 valence electrons. The lowest BCUT2D eigenvalue weighted by Gasteiger charge is -2.11. The highest BCUT2D eigenvalue weighted by molar-refractivity contribution is 6.31. The monoisotopic (exact) mass is 302 g/mol. The zero-order valence-electron chi connectivity index (χ0n) is 11.0. The van der Waals surface area contributed by atoms with Crippen molar-refractivity contribution >= 4 is 28.2 Å². The molecule has 0 radical (unpaired) electrons. The molecule has 3 rings (SSSR count). The van der Waals surface area contributed by atoms with Gasteiger partial charge in [0.2, 0.25) is 0 Å². The summed E-state index contributed by atoms with van der Waals surface area (Å²) in [5, 5.41) is 0.889. The molecule has 2 N–H and O–H groups in total. The van der Waals surface area contributed by atoms with Gasteiger partial charge in [0.05, 0.1) is 16.2 Å². The average molecular weight is 303 g/mol. The van der Waals surface area contributed by atoms with Crippen LogP contribution in [0, 0.1) is 5.82 Å². The molecule has 0 atom stereocenters. The molecule has 0 aliphatic heterocycles. The maximum absolute atomic E-state index is 13.4. The van der Waals surface area contributed by atoms with Crippen LogP contribution in [0.1, 0.15) is 5.56 Å². The van der Waals surface area contributed by atoms with E-state index >= 15 is 0 Å². The highest BCUT2D eigenvalue weighted by Crippen LogP contribution is 2.29. The molecule has 5 heteroatoms. The van der Waals surface area contributed by atoms with Crippen LogP contribution in [-0.2, 0) is 6.61 Å². The number of nitrogen functional groups attached to an aromatic ring is 1. The van der Waals surface area contributed by atoms with Gasteiger partial charge < -0.3 is 10.5 Å². The predicted octanol–water partition coefficient (Wildman–Crippen LogP) is 4.19. The Morgan fingerprint density at radius 2 is 2.00 bits per heavy atom. The standard InChI is InChI=1S/C16H12ClFN2O/c17-15-10(3-1-5-12(15)18)9-21-14-7-6-13(19)16-11(14)4-2-8-20-16/h1-8H,9,19H2. The lowest BCUT2D eigenvalue weighted by Crippen LogP contribution is -1.99. The number of halogens is 2. The van der Waals surface area contributed by atoms with Crippen LogP contribution in [0.3, 0.4) is 0 Å². The first kappa shape index (κ1) is 13.6. The topological polar surface area (TPSA) is 48.1 Å². The minimum atomic E-state index is -0.457. The van der Waals surface area contributed by atoms with Crippen molar-refractivity contribution in [2.24, 2.45) is 0 Å². The van der Waals surface area contributed by atoms with Gasteiger partial charge in [-0.05, 0) is 30.3 Å². The van der Waals surface area contributed by atoms with Gasteiger partial charge in [0.15, 0.2) is 0 Å². The van der Waals surface area contributed by atoms with Crippen molar-refractivity contribution in [3.63, 3.8) is 0 Å². The van der Waals surface area contributed by atoms with E-state index in [0.717, 1.165) is 5.39 Å². The number of rotatable bonds is 3. The minimum absolute atomic E-state index is 0.0791. The van der Waals surface area contributed by atoms with Crippen LogP contribution >= 0.6 is 11.6 Å². The molecule has 1 aromatic heterocycles. The molecule has 21 heavy (non-hydrogen) atoms. The number of nitrogens with two attached hydrogens (primary N) is 1. The fourth-order valence-corrected chi connectivity index (χ4v) is 2.29. The van der Waals surface area contributed by atoms with E-state index < -0.39 is 5.82 Å². The molecule has 2 aromatic carbocycles. The van der Waals surface area contributed by atoms with Gasteiger partial charge >= 0.3 is 0 Å². The Morgan fingerprint density at radius 1 is 1.14 bits per heavy atom. The Bertz CT molecular complexity index is 807. The second-order valence-corrected chi connectivity index (χ2v) is 4.93. The molecule has 3 aromatic rings. The van der Waals surface area contributed by atoms with Gasteiger partial charge in [0.1, 0.15) is 18.2 Å². The molecule has 0 saturated heterocycles. The summed E-state index contributed by atoms with van der Waals surface area (Å²) in [6, 6.07) is 11.8. The summed E-state index contributed by atoms with van der Waals surface area (Å²) in [4.78, 5) is 4.24. The first-order chi connectivity index (χ1) is 10.2. The summed E-state index contributed by atoms with van der Waals surface area (Å²) >= 11 is 5.92. The van der Waals surface area contributed by atoms with Crippen molar-refractivity contribution < 1.29 is 9.13 Å². The zero-order chi connectivity index (χ0) is 14.8. The fourth-order valence-electron chi connectivity index (χ4n) is 2.11. The van der Waals surface area contributed by atoms with Gasteiger partial charge in [0, 0.05) is 17.1 Å². The summed E-state index contributed by atoms with van der Waals surface area (Å²) in [6.07, 6.45) is 1.67. The molecule has 0 fully saturated rings. The van der Waals surface area contributed by atoms with E-state index in [9.17, 15) is 4.39 Å². The third kappa shape index (κ3) is 2.62. The smallest absolute Gasteiger partial charge is 0.142 e. The molecule has 0 bridgehead atoms. The Balaban J connectivity index is 1.92. The van der Waals surface area contributed by atoms with Crippen molar-refractivity contribution in [3.05, 3.63) is 65.1 Å². The molecule has 0 aliphatic rings. The Kier molecular flexibility index (Phi) is 3.62. The van der Waals surface area contributed by atoms with Crippen LogP contribution in [0.5, 0.6) is 5.75 Å². The van der Waals surface area contributed by atoms with Gasteiger partial charge in [-0.15, -0.1) is 0 Å². The SMILES string of the molecule is Nc1ccc(OCc2cccc(F)c2Cl)c2cccnc12. The molecule has 1 heterocycles. The van der Waals surface area contributed by atoms with Crippen molar-refractivity contribution in [1.82, 2.24) is 4.98 Å². The second-order valence-electron chi connectivity index (χ2n) is 4.55. The van der Waals surface area contributed by atoms with E-state index in [2.05, 4.69) is 4.98 Å². The number of hydrogen-bond donors (Lipinski definition) is 1. The van der Waals surface area contributed by atoms with Crippen LogP contribution in [-0.4, -0.2) is 4.98 Å². The summed E-state index contributed by atoms with van der Waals surface area (Å²) in [6.45, 7) is 0.171. The third-order valence-electron chi connectivity index (χ3n) is 3.18. The third-order valence-corrected chi connectivity index (χ3v) is 3.60. The maximum atomic E-state index is 13.4. The first-order valence-electron chi connectivity index (χ1n) is 6.35. The Morgan fingerprint density at radius 3 is 2.86 bits per heavy atom. The maximum Gasteiger partial charge on any atom is 0.142 e. The molecule has 0 saturated carbocycles. The number of aromatic nitrogens is 1. The number of ether oxygens (including phenoxy) is 1. The molecule has 0 amide bonds. The van der Waals surface area contributed by atoms with Gasteiger partial charge in [-0.1, -0.05) is 23.7 Å². The summed E-state index contributed by atoms with van der Waals surface area (Å²) < 4.78 is 19.1. The van der Waals surface area contributed by atoms with Gasteiger partial charge in [-0.25, -0.2) is 4.39 Å². The molecule has 0 aliphatic carbocycles. The van der Waals surface area contributed by atoms with E-state index in [-0.39, 0.29) is 11.6 Å². The van der Waals surface area contributed by atoms with Crippen LogP contribution in [0.25, 0.3) is 10.9 Å². The van der Waals surface area contributed by atoms with Gasteiger partial charge in [0.25, 0.3) is 0 Å². The van der Waals surface area contributed by atoms with Crippen molar-refractivity contribution in [2.75, 3.05) is 5.73 Å². The number of hydrogen-bond acceptors (Lipinski definition) is 3. The van der Waals surface area contributed by atoms with Crippen LogP contribution in [0.2, 0.25) is 5.02 Å². The fraction of sp³-hybridized carbons (Fsp3) is 0.0625. The minimum Gasteiger partial charge on any atom is -0.488 e. The van der Waals surface area contributed by atoms with Crippen molar-refractivity contribution in [3.8, 4) is 5.75 Å². The lowest BCUT2D eigenvalue weighted by molar-refractivity contribution is 0.309. The van der Waals surface area contributed by atoms with E-state index in [1.807, 2.05) is 12.1 Å². The number of fused-ring (bicyclic) bond motifs is 1. The van der Waals surface area contributed by atoms with E-state index in [4.69, 9.17) is 22.1 Å².